The highest BCUT2D eigenvalue weighted by Gasteiger charge is 2.30. The molecule has 0 bridgehead atoms. The van der Waals surface area contributed by atoms with E-state index in [-0.39, 0.29) is 25.7 Å². The molecule has 0 spiro atoms. The number of esters is 4. The fourth-order valence-corrected chi connectivity index (χ4v) is 11.7. The second-order valence-electron chi connectivity index (χ2n) is 26.2. The Morgan fingerprint density at radius 3 is 0.774 bits per heavy atom. The maximum Gasteiger partial charge on any atom is 0.472 e. The second kappa shape index (κ2) is 77.6. The predicted octanol–water partition coefficient (Wildman–Crippen LogP) is 23.8. The zero-order chi connectivity index (χ0) is 77.4. The Morgan fingerprint density at radius 1 is 0.274 bits per heavy atom. The lowest BCUT2D eigenvalue weighted by Gasteiger charge is -2.21. The van der Waals surface area contributed by atoms with Crippen LogP contribution in [0.3, 0.4) is 0 Å². The monoisotopic (exact) mass is 1520 g/mol. The Kier molecular flexibility index (Phi) is 73.5. The molecule has 0 saturated heterocycles. The topological polar surface area (TPSA) is 237 Å². The molecule has 3 N–H and O–H groups in total. The van der Waals surface area contributed by atoms with Crippen LogP contribution >= 0.6 is 15.6 Å². The largest absolute Gasteiger partial charge is 0.472 e. The first-order valence-electron chi connectivity index (χ1n) is 40.4. The molecule has 0 aromatic rings. The first-order valence-corrected chi connectivity index (χ1v) is 43.4. The van der Waals surface area contributed by atoms with E-state index in [1.807, 2.05) is 0 Å². The number of carbonyl (C=O) groups is 4. The van der Waals surface area contributed by atoms with E-state index in [0.29, 0.717) is 25.7 Å². The van der Waals surface area contributed by atoms with E-state index in [1.165, 1.54) is 25.7 Å². The minimum atomic E-state index is -5.01. The van der Waals surface area contributed by atoms with Crippen LogP contribution in [-0.2, 0) is 65.4 Å². The van der Waals surface area contributed by atoms with Crippen LogP contribution in [0, 0.1) is 0 Å². The molecule has 0 radical (unpaired) electrons. The van der Waals surface area contributed by atoms with Gasteiger partial charge in [0.15, 0.2) is 12.2 Å². The van der Waals surface area contributed by atoms with E-state index in [0.717, 1.165) is 193 Å². The van der Waals surface area contributed by atoms with Crippen molar-refractivity contribution in [3.05, 3.63) is 170 Å². The number of carbonyl (C=O) groups excluding carboxylic acids is 4. The van der Waals surface area contributed by atoms with Crippen LogP contribution in [0.15, 0.2) is 170 Å². The predicted molar refractivity (Wildman–Crippen MR) is 436 cm³/mol. The maximum absolute atomic E-state index is 13.1. The smallest absolute Gasteiger partial charge is 0.462 e. The quantitative estimate of drug-likeness (QED) is 0.0169. The van der Waals surface area contributed by atoms with E-state index in [2.05, 4.69) is 198 Å². The third-order valence-electron chi connectivity index (χ3n) is 16.2. The number of phosphoric acid groups is 2. The summed E-state index contributed by atoms with van der Waals surface area (Å²) in [5.41, 5.74) is 0. The van der Waals surface area contributed by atoms with Gasteiger partial charge in [0, 0.05) is 25.7 Å². The molecule has 0 rings (SSSR count). The van der Waals surface area contributed by atoms with Crippen LogP contribution in [0.4, 0.5) is 0 Å². The van der Waals surface area contributed by atoms with Gasteiger partial charge in [0.25, 0.3) is 0 Å². The molecular weight excluding hydrogens is 1380 g/mol. The highest BCUT2D eigenvalue weighted by atomic mass is 31.2. The molecule has 0 aromatic carbocycles. The molecule has 5 unspecified atom stereocenters. The van der Waals surface area contributed by atoms with Gasteiger partial charge in [0.2, 0.25) is 0 Å². The third kappa shape index (κ3) is 76.6. The summed E-state index contributed by atoms with van der Waals surface area (Å²) in [6.45, 7) is 4.41. The number of aliphatic hydroxyl groups is 1. The minimum Gasteiger partial charge on any atom is -0.462 e. The summed E-state index contributed by atoms with van der Waals surface area (Å²) in [6.07, 6.45) is 91.9. The summed E-state index contributed by atoms with van der Waals surface area (Å²) in [5.74, 6) is -2.29. The SMILES string of the molecule is CC/C=C\C/C=C\C/C=C\C/C=C\C/C=C\CCCCCC(=O)OCC(COP(=O)(O)OCC(O)COP(=O)(O)OCC(COC(=O)CCCCCCC/C=C\C/C=C\C/C=C\CC)OC(=O)CCCCCCC/C=C\CCCCCC)OC(=O)CCCCC/C=C\C/C=C\C/C=C\C/C=C\C/C=C\CC. The molecule has 0 amide bonds. The minimum absolute atomic E-state index is 0.0412. The van der Waals surface area contributed by atoms with Crippen molar-refractivity contribution in [2.75, 3.05) is 39.6 Å². The molecule has 0 aromatic heterocycles. The summed E-state index contributed by atoms with van der Waals surface area (Å²) in [5, 5.41) is 10.6. The molecular formula is C87H142O17P2. The van der Waals surface area contributed by atoms with E-state index in [9.17, 15) is 43.2 Å². The molecule has 17 nitrogen and oxygen atoms in total. The van der Waals surface area contributed by atoms with Gasteiger partial charge in [0.1, 0.15) is 19.3 Å². The number of allylic oxidation sites excluding steroid dienone is 28. The average Bonchev–Trinajstić information content (AvgIpc) is 0.903. The lowest BCUT2D eigenvalue weighted by molar-refractivity contribution is -0.161. The van der Waals surface area contributed by atoms with Gasteiger partial charge >= 0.3 is 39.5 Å². The highest BCUT2D eigenvalue weighted by Crippen LogP contribution is 2.45. The zero-order valence-corrected chi connectivity index (χ0v) is 67.6. The number of ether oxygens (including phenoxy) is 4. The van der Waals surface area contributed by atoms with E-state index in [4.69, 9.17) is 37.0 Å². The van der Waals surface area contributed by atoms with Gasteiger partial charge in [-0.3, -0.25) is 37.3 Å². The van der Waals surface area contributed by atoms with Crippen LogP contribution in [0.25, 0.3) is 0 Å². The number of aliphatic hydroxyl groups excluding tert-OH is 1. The lowest BCUT2D eigenvalue weighted by Crippen LogP contribution is -2.30. The summed E-state index contributed by atoms with van der Waals surface area (Å²) < 4.78 is 68.6. The van der Waals surface area contributed by atoms with Gasteiger partial charge < -0.3 is 33.8 Å². The van der Waals surface area contributed by atoms with Crippen LogP contribution in [0.5, 0.6) is 0 Å². The molecule has 0 saturated carbocycles. The van der Waals surface area contributed by atoms with Gasteiger partial charge in [-0.2, -0.15) is 0 Å². The van der Waals surface area contributed by atoms with Gasteiger partial charge in [-0.1, -0.05) is 268 Å². The number of unbranched alkanes of at least 4 members (excludes halogenated alkanes) is 20. The number of hydrogen-bond acceptors (Lipinski definition) is 15. The van der Waals surface area contributed by atoms with E-state index < -0.39 is 97.5 Å². The van der Waals surface area contributed by atoms with Gasteiger partial charge in [0.05, 0.1) is 26.4 Å². The Labute approximate surface area is 642 Å². The Balaban J connectivity index is 5.47. The van der Waals surface area contributed by atoms with Crippen LogP contribution < -0.4 is 0 Å². The first-order chi connectivity index (χ1) is 51.7. The summed E-state index contributed by atoms with van der Waals surface area (Å²) in [6, 6.07) is 0. The summed E-state index contributed by atoms with van der Waals surface area (Å²) in [4.78, 5) is 73.1. The van der Waals surface area contributed by atoms with Crippen molar-refractivity contribution in [2.45, 2.75) is 316 Å². The van der Waals surface area contributed by atoms with Gasteiger partial charge in [-0.15, -0.1) is 0 Å². The van der Waals surface area contributed by atoms with Gasteiger partial charge in [-0.05, 0) is 173 Å². The normalized spacial score (nSPS) is 14.7. The third-order valence-corrected chi connectivity index (χ3v) is 18.1. The first kappa shape index (κ1) is 100. The van der Waals surface area contributed by atoms with Gasteiger partial charge in [-0.25, -0.2) is 9.13 Å². The molecule has 0 fully saturated rings. The number of rotatable bonds is 74. The molecule has 19 heteroatoms. The van der Waals surface area contributed by atoms with Crippen LogP contribution in [0.2, 0.25) is 0 Å². The second-order valence-corrected chi connectivity index (χ2v) is 29.1. The Bertz CT molecular complexity index is 2680. The fraction of sp³-hybridized carbons (Fsp3) is 0.632. The number of hydrogen-bond donors (Lipinski definition) is 3. The molecule has 0 aliphatic rings. The molecule has 0 aliphatic carbocycles. The fourth-order valence-electron chi connectivity index (χ4n) is 10.1. The van der Waals surface area contributed by atoms with Crippen LogP contribution in [-0.4, -0.2) is 96.7 Å². The van der Waals surface area contributed by atoms with E-state index >= 15 is 0 Å². The van der Waals surface area contributed by atoms with Crippen LogP contribution in [0.1, 0.15) is 297 Å². The molecule has 0 heterocycles. The average molecular weight is 1520 g/mol. The maximum atomic E-state index is 13.1. The standard InChI is InChI=1S/C87H142O17P2/c1-5-9-13-17-21-25-29-33-36-38-40-42-45-49-52-56-60-64-68-72-85(90)98-78-83(104-87(92)74-70-66-62-58-54-50-46-43-41-39-37-34-30-26-22-18-14-10-6-2)80-102-106(95,96)100-76-81(88)75-99-105(93,94)101-79-82(103-86(91)73-69-65-61-57-53-47-32-28-24-20-16-12-8-4)77-97-84(89)71-67-63-59-55-51-48-44-35-31-27-23-19-15-11-7-3/h9-11,13-15,21-23,25-28,32-37,40-44,49-50,52,54,81-83,88H,5-8,12,16-20,24,29-31,38-39,45-48,51,53,55-80H2,1-4H3,(H,93,94)(H,95,96)/b13-9-,14-10-,15-11-,25-21-,26-22-,27-23-,32-28-,36-33-,37-34-,42-40-,43-41-,44-35-,52-49-,54-50-. The van der Waals surface area contributed by atoms with Crippen molar-refractivity contribution in [1.82, 2.24) is 0 Å². The highest BCUT2D eigenvalue weighted by molar-refractivity contribution is 7.47. The Morgan fingerprint density at radius 2 is 0.491 bits per heavy atom. The van der Waals surface area contributed by atoms with Crippen molar-refractivity contribution < 1.29 is 80.2 Å². The lowest BCUT2D eigenvalue weighted by atomic mass is 10.1. The van der Waals surface area contributed by atoms with E-state index in [1.54, 1.807) is 0 Å². The van der Waals surface area contributed by atoms with Crippen molar-refractivity contribution in [3.8, 4) is 0 Å². The van der Waals surface area contributed by atoms with Crippen molar-refractivity contribution >= 4 is 39.5 Å². The summed E-state index contributed by atoms with van der Waals surface area (Å²) >= 11 is 0. The zero-order valence-electron chi connectivity index (χ0n) is 65.8. The molecule has 0 aliphatic heterocycles. The van der Waals surface area contributed by atoms with Crippen molar-refractivity contribution in [2.24, 2.45) is 0 Å². The summed E-state index contributed by atoms with van der Waals surface area (Å²) in [7, 11) is -10.00. The molecule has 5 atom stereocenters. The molecule has 602 valence electrons. The molecule has 106 heavy (non-hydrogen) atoms. The Hall–Kier alpha value is -5.58. The van der Waals surface area contributed by atoms with Crippen molar-refractivity contribution in [3.63, 3.8) is 0 Å². The van der Waals surface area contributed by atoms with Crippen molar-refractivity contribution in [1.29, 1.82) is 0 Å². The number of phosphoric ester groups is 2.